The maximum atomic E-state index is 13.6. The zero-order valence-electron chi connectivity index (χ0n) is 16.1. The molecule has 1 saturated heterocycles. The zero-order valence-corrected chi connectivity index (χ0v) is 16.1. The van der Waals surface area contributed by atoms with Crippen molar-refractivity contribution < 1.29 is 13.6 Å². The fourth-order valence-corrected chi connectivity index (χ4v) is 3.97. The van der Waals surface area contributed by atoms with Gasteiger partial charge in [-0.2, -0.15) is 8.78 Å². The van der Waals surface area contributed by atoms with E-state index in [9.17, 15) is 13.6 Å². The topological polar surface area (TPSA) is 63.1 Å². The Balaban J connectivity index is 1.43. The Kier molecular flexibility index (Phi) is 5.42. The van der Waals surface area contributed by atoms with E-state index in [1.54, 1.807) is 48.5 Å². The lowest BCUT2D eigenvalue weighted by molar-refractivity contribution is 0.0697. The summed E-state index contributed by atoms with van der Waals surface area (Å²) in [6, 6.07) is 9.88. The number of para-hydroxylation sites is 2. The molecular formula is C21H23F2N5O. The number of aromatic nitrogens is 3. The number of rotatable bonds is 4. The molecule has 4 rings (SSSR count). The summed E-state index contributed by atoms with van der Waals surface area (Å²) < 4.78 is 28.2. The Morgan fingerprint density at radius 3 is 2.52 bits per heavy atom. The van der Waals surface area contributed by atoms with Gasteiger partial charge in [-0.05, 0) is 55.5 Å². The number of benzene rings is 1. The summed E-state index contributed by atoms with van der Waals surface area (Å²) in [5, 5.41) is 2.84. The van der Waals surface area contributed by atoms with Crippen molar-refractivity contribution in [3.63, 3.8) is 0 Å². The smallest absolute Gasteiger partial charge is 0.320 e. The highest BCUT2D eigenvalue weighted by molar-refractivity contribution is 5.77. The Hall–Kier alpha value is -3.03. The molecule has 152 valence electrons. The van der Waals surface area contributed by atoms with Crippen LogP contribution >= 0.6 is 0 Å². The second-order valence-corrected chi connectivity index (χ2v) is 7.32. The van der Waals surface area contributed by atoms with Gasteiger partial charge in [-0.1, -0.05) is 12.1 Å². The number of imidazole rings is 1. The van der Waals surface area contributed by atoms with Gasteiger partial charge in [0.2, 0.25) is 0 Å². The van der Waals surface area contributed by atoms with Crippen LogP contribution in [-0.2, 0) is 0 Å². The van der Waals surface area contributed by atoms with Crippen LogP contribution in [0.4, 0.5) is 13.6 Å². The van der Waals surface area contributed by atoms with E-state index in [-0.39, 0.29) is 11.9 Å². The molecule has 1 aliphatic rings. The van der Waals surface area contributed by atoms with Crippen LogP contribution in [0.5, 0.6) is 0 Å². The molecule has 8 heteroatoms. The predicted octanol–water partition coefficient (Wildman–Crippen LogP) is 4.48. The second-order valence-electron chi connectivity index (χ2n) is 7.32. The summed E-state index contributed by atoms with van der Waals surface area (Å²) >= 11 is 0. The number of amides is 2. The number of carbonyl (C=O) groups excluding carboxylic acids is 1. The molecule has 1 aliphatic heterocycles. The largest absolute Gasteiger partial charge is 0.328 e. The molecule has 0 bridgehead atoms. The highest BCUT2D eigenvalue weighted by Gasteiger charge is 2.27. The monoisotopic (exact) mass is 399 g/mol. The lowest BCUT2D eigenvalue weighted by Gasteiger charge is -2.33. The number of carbonyl (C=O) groups is 1. The first kappa shape index (κ1) is 19.3. The molecule has 1 aromatic carbocycles. The van der Waals surface area contributed by atoms with Crippen molar-refractivity contribution in [2.24, 2.45) is 0 Å². The van der Waals surface area contributed by atoms with Gasteiger partial charge < -0.3 is 10.2 Å². The van der Waals surface area contributed by atoms with Crippen LogP contribution in [0.25, 0.3) is 11.0 Å². The Morgan fingerprint density at radius 2 is 1.83 bits per heavy atom. The molecule has 1 fully saturated rings. The first-order valence-electron chi connectivity index (χ1n) is 9.75. The van der Waals surface area contributed by atoms with Gasteiger partial charge >= 0.3 is 12.6 Å². The molecule has 2 aromatic heterocycles. The maximum absolute atomic E-state index is 13.6. The molecule has 1 N–H and O–H groups in total. The van der Waals surface area contributed by atoms with E-state index in [1.807, 2.05) is 12.1 Å². The van der Waals surface area contributed by atoms with Crippen LogP contribution in [-0.4, -0.2) is 38.6 Å². The van der Waals surface area contributed by atoms with E-state index in [0.29, 0.717) is 30.0 Å². The number of pyridine rings is 1. The number of hydrogen-bond acceptors (Lipinski definition) is 3. The summed E-state index contributed by atoms with van der Waals surface area (Å²) in [4.78, 5) is 22.8. The second kappa shape index (κ2) is 8.14. The first-order valence-corrected chi connectivity index (χ1v) is 9.75. The number of piperidine rings is 1. The third kappa shape index (κ3) is 3.92. The number of nitrogens with one attached hydrogen (secondary N) is 1. The quantitative estimate of drug-likeness (QED) is 0.704. The van der Waals surface area contributed by atoms with Crippen LogP contribution in [0, 0.1) is 0 Å². The van der Waals surface area contributed by atoms with Crippen molar-refractivity contribution >= 4 is 17.1 Å². The van der Waals surface area contributed by atoms with Gasteiger partial charge in [0.15, 0.2) is 0 Å². The van der Waals surface area contributed by atoms with Crippen LogP contribution in [0.2, 0.25) is 0 Å². The standard InChI is InChI=1S/C21H23F2N5O/c1-14(19-26-17-4-2-3-5-18(17)28(19)20(22)23)25-21(29)27-12-8-16(9-13-27)15-6-10-24-11-7-15/h2-7,10-11,14,16,20H,8-9,12-13H2,1H3,(H,25,29). The van der Waals surface area contributed by atoms with Gasteiger partial charge in [0.1, 0.15) is 5.82 Å². The van der Waals surface area contributed by atoms with Gasteiger partial charge in [0.05, 0.1) is 17.1 Å². The normalized spacial score (nSPS) is 16.3. The molecule has 6 nitrogen and oxygen atoms in total. The molecule has 2 amide bonds. The van der Waals surface area contributed by atoms with Crippen molar-refractivity contribution in [3.05, 3.63) is 60.2 Å². The average molecular weight is 399 g/mol. The van der Waals surface area contributed by atoms with Crippen molar-refractivity contribution in [3.8, 4) is 0 Å². The summed E-state index contributed by atoms with van der Waals surface area (Å²) in [7, 11) is 0. The van der Waals surface area contributed by atoms with E-state index in [4.69, 9.17) is 0 Å². The van der Waals surface area contributed by atoms with Gasteiger partial charge in [0.25, 0.3) is 0 Å². The minimum absolute atomic E-state index is 0.154. The number of alkyl halides is 2. The average Bonchev–Trinajstić information content (AvgIpc) is 3.14. The number of hydrogen-bond donors (Lipinski definition) is 1. The third-order valence-corrected chi connectivity index (χ3v) is 5.51. The van der Waals surface area contributed by atoms with Gasteiger partial charge in [-0.15, -0.1) is 0 Å². The lowest BCUT2D eigenvalue weighted by Crippen LogP contribution is -2.45. The molecule has 0 aliphatic carbocycles. The number of urea groups is 1. The van der Waals surface area contributed by atoms with Crippen LogP contribution in [0.1, 0.15) is 49.7 Å². The van der Waals surface area contributed by atoms with Gasteiger partial charge in [-0.3, -0.25) is 9.55 Å². The number of fused-ring (bicyclic) bond motifs is 1. The van der Waals surface area contributed by atoms with Crippen LogP contribution in [0.15, 0.2) is 48.8 Å². The van der Waals surface area contributed by atoms with Crippen LogP contribution < -0.4 is 5.32 Å². The van der Waals surface area contributed by atoms with E-state index < -0.39 is 12.6 Å². The Bertz CT molecular complexity index is 983. The van der Waals surface area contributed by atoms with E-state index in [2.05, 4.69) is 15.3 Å². The minimum atomic E-state index is -2.73. The molecular weight excluding hydrogens is 376 g/mol. The highest BCUT2D eigenvalue weighted by Crippen LogP contribution is 2.29. The molecule has 1 atom stereocenters. The van der Waals surface area contributed by atoms with Gasteiger partial charge in [-0.25, -0.2) is 9.78 Å². The molecule has 3 aromatic rings. The number of likely N-dealkylation sites (tertiary alicyclic amines) is 1. The SMILES string of the molecule is CC(NC(=O)N1CCC(c2ccncc2)CC1)c1nc2ccccc2n1C(F)F. The Labute approximate surface area is 167 Å². The van der Waals surface area contributed by atoms with Crippen molar-refractivity contribution in [2.75, 3.05) is 13.1 Å². The summed E-state index contributed by atoms with van der Waals surface area (Å²) in [6.07, 6.45) is 5.29. The Morgan fingerprint density at radius 1 is 1.14 bits per heavy atom. The fraction of sp³-hybridized carbons (Fsp3) is 0.381. The minimum Gasteiger partial charge on any atom is -0.328 e. The summed E-state index contributed by atoms with van der Waals surface area (Å²) in [5.41, 5.74) is 2.08. The van der Waals surface area contributed by atoms with Crippen LogP contribution in [0.3, 0.4) is 0 Å². The molecule has 0 spiro atoms. The van der Waals surface area contributed by atoms with Gasteiger partial charge in [0, 0.05) is 25.5 Å². The lowest BCUT2D eigenvalue weighted by atomic mass is 9.90. The number of nitrogens with zero attached hydrogens (tertiary/aromatic N) is 4. The predicted molar refractivity (Wildman–Crippen MR) is 106 cm³/mol. The highest BCUT2D eigenvalue weighted by atomic mass is 19.3. The molecule has 0 saturated carbocycles. The molecule has 3 heterocycles. The third-order valence-electron chi connectivity index (χ3n) is 5.51. The van der Waals surface area contributed by atoms with E-state index in [1.165, 1.54) is 5.56 Å². The molecule has 29 heavy (non-hydrogen) atoms. The van der Waals surface area contributed by atoms with E-state index >= 15 is 0 Å². The van der Waals surface area contributed by atoms with Crippen molar-refractivity contribution in [1.82, 2.24) is 24.8 Å². The fourth-order valence-electron chi connectivity index (χ4n) is 3.97. The van der Waals surface area contributed by atoms with Crippen molar-refractivity contribution in [2.45, 2.75) is 38.3 Å². The van der Waals surface area contributed by atoms with Crippen molar-refractivity contribution in [1.29, 1.82) is 0 Å². The van der Waals surface area contributed by atoms with E-state index in [0.717, 1.165) is 17.4 Å². The zero-order chi connectivity index (χ0) is 20.4. The summed E-state index contributed by atoms with van der Waals surface area (Å²) in [6.45, 7) is 0.197. The summed E-state index contributed by atoms with van der Waals surface area (Å²) in [5.74, 6) is 0.559. The number of halogens is 2. The molecule has 0 radical (unpaired) electrons. The maximum Gasteiger partial charge on any atom is 0.320 e. The first-order chi connectivity index (χ1) is 14.0. The molecule has 1 unspecified atom stereocenters.